The molecule has 0 saturated heterocycles. The fraction of sp³-hybridized carbons (Fsp3) is 0.312. The van der Waals surface area contributed by atoms with Gasteiger partial charge in [0.05, 0.1) is 12.2 Å². The second-order valence-electron chi connectivity index (χ2n) is 5.32. The van der Waals surface area contributed by atoms with Crippen LogP contribution in [0.15, 0.2) is 36.1 Å². The van der Waals surface area contributed by atoms with Crippen LogP contribution in [0.4, 0.5) is 5.82 Å². The van der Waals surface area contributed by atoms with E-state index >= 15 is 0 Å². The van der Waals surface area contributed by atoms with E-state index in [1.165, 1.54) is 0 Å². The molecule has 1 atom stereocenters. The summed E-state index contributed by atoms with van der Waals surface area (Å²) < 4.78 is 1.73. The van der Waals surface area contributed by atoms with Crippen molar-refractivity contribution in [3.8, 4) is 0 Å². The van der Waals surface area contributed by atoms with Crippen molar-refractivity contribution in [3.63, 3.8) is 0 Å². The Kier molecular flexibility index (Phi) is 4.45. The quantitative estimate of drug-likeness (QED) is 0.820. The first kappa shape index (κ1) is 15.7. The number of aromatic nitrogens is 3. The summed E-state index contributed by atoms with van der Waals surface area (Å²) in [4.78, 5) is 16.2. The molecule has 0 radical (unpaired) electrons. The molecule has 1 unspecified atom stereocenters. The van der Waals surface area contributed by atoms with Gasteiger partial charge in [0.15, 0.2) is 11.4 Å². The minimum atomic E-state index is -0.237. The number of aryl methyl sites for hydroxylation is 1. The first-order valence-electron chi connectivity index (χ1n) is 7.49. The van der Waals surface area contributed by atoms with Crippen LogP contribution in [0.3, 0.4) is 0 Å². The van der Waals surface area contributed by atoms with Crippen molar-refractivity contribution in [2.45, 2.75) is 19.4 Å². The predicted octanol–water partition coefficient (Wildman–Crippen LogP) is 2.01. The molecule has 0 aliphatic heterocycles. The first-order chi connectivity index (χ1) is 11.1. The summed E-state index contributed by atoms with van der Waals surface area (Å²) in [7, 11) is 1.77. The highest BCUT2D eigenvalue weighted by Gasteiger charge is 2.16. The number of nitrogens with zero attached hydrogens (tertiary/aromatic N) is 3. The number of carbonyl (C=O) groups is 1. The number of fused-ring (bicyclic) bond motifs is 1. The molecule has 2 N–H and O–H groups in total. The molecule has 6 nitrogen and oxygen atoms in total. The van der Waals surface area contributed by atoms with Crippen LogP contribution in [-0.2, 0) is 11.2 Å². The molecule has 0 aromatic carbocycles. The van der Waals surface area contributed by atoms with Crippen molar-refractivity contribution >= 4 is 28.8 Å². The van der Waals surface area contributed by atoms with Crippen LogP contribution in [0.5, 0.6) is 0 Å². The number of likely N-dealkylation sites (N-methyl/N-ethyl adjacent to an activating group) is 1. The lowest BCUT2D eigenvalue weighted by molar-refractivity contribution is -0.115. The van der Waals surface area contributed by atoms with E-state index in [9.17, 15) is 4.79 Å². The van der Waals surface area contributed by atoms with E-state index in [1.54, 1.807) is 29.9 Å². The van der Waals surface area contributed by atoms with Crippen molar-refractivity contribution in [1.29, 1.82) is 0 Å². The molecular weight excluding hydrogens is 314 g/mol. The summed E-state index contributed by atoms with van der Waals surface area (Å²) in [6.45, 7) is 2.56. The molecule has 0 amide bonds. The van der Waals surface area contributed by atoms with E-state index in [0.717, 1.165) is 29.0 Å². The van der Waals surface area contributed by atoms with Gasteiger partial charge in [-0.1, -0.05) is 30.7 Å². The number of rotatable bonds is 5. The van der Waals surface area contributed by atoms with E-state index < -0.39 is 0 Å². The van der Waals surface area contributed by atoms with Gasteiger partial charge in [-0.3, -0.25) is 4.79 Å². The Labute approximate surface area is 139 Å². The van der Waals surface area contributed by atoms with E-state index in [-0.39, 0.29) is 11.8 Å². The lowest BCUT2D eigenvalue weighted by Crippen LogP contribution is -2.32. The van der Waals surface area contributed by atoms with Crippen LogP contribution >= 0.6 is 11.6 Å². The topological polar surface area (TPSA) is 71.3 Å². The number of halogens is 1. The molecule has 0 saturated carbocycles. The average molecular weight is 332 g/mol. The molecule has 1 aliphatic rings. The van der Waals surface area contributed by atoms with Gasteiger partial charge in [-0.2, -0.15) is 9.61 Å². The van der Waals surface area contributed by atoms with E-state index in [4.69, 9.17) is 11.6 Å². The van der Waals surface area contributed by atoms with Crippen molar-refractivity contribution in [3.05, 3.63) is 46.8 Å². The third-order valence-electron chi connectivity index (χ3n) is 3.82. The Hall–Kier alpha value is -2.18. The summed E-state index contributed by atoms with van der Waals surface area (Å²) >= 11 is 6.11. The highest BCUT2D eigenvalue weighted by atomic mass is 35.5. The van der Waals surface area contributed by atoms with Crippen LogP contribution < -0.4 is 10.6 Å². The largest absolute Gasteiger partial charge is 0.366 e. The highest BCUT2D eigenvalue weighted by molar-refractivity contribution is 6.29. The van der Waals surface area contributed by atoms with Gasteiger partial charge in [0, 0.05) is 18.2 Å². The van der Waals surface area contributed by atoms with Gasteiger partial charge in [-0.15, -0.1) is 0 Å². The molecule has 23 heavy (non-hydrogen) atoms. The zero-order valence-electron chi connectivity index (χ0n) is 13.0. The molecule has 1 aliphatic carbocycles. The van der Waals surface area contributed by atoms with Crippen molar-refractivity contribution in [2.75, 3.05) is 18.9 Å². The standard InChI is InChI=1S/C16H18ClN5O/c1-3-11-9-20-22-15(7-14(17)21-16(11)22)19-8-10-4-5-12(18-2)13(23)6-10/h4-7,9,12,18-19H,3,8H2,1-2H3. The summed E-state index contributed by atoms with van der Waals surface area (Å²) in [5, 5.41) is 11.0. The monoisotopic (exact) mass is 331 g/mol. The minimum Gasteiger partial charge on any atom is -0.366 e. The van der Waals surface area contributed by atoms with E-state index in [0.29, 0.717) is 11.7 Å². The molecule has 2 aromatic heterocycles. The molecule has 0 spiro atoms. The Balaban J connectivity index is 1.82. The Morgan fingerprint density at radius 2 is 2.26 bits per heavy atom. The minimum absolute atomic E-state index is 0.0528. The van der Waals surface area contributed by atoms with Crippen LogP contribution in [0.2, 0.25) is 5.15 Å². The van der Waals surface area contributed by atoms with Crippen LogP contribution in [0.1, 0.15) is 12.5 Å². The number of hydrogen-bond acceptors (Lipinski definition) is 5. The zero-order chi connectivity index (χ0) is 16.4. The van der Waals surface area contributed by atoms with Crippen LogP contribution in [0, 0.1) is 0 Å². The number of nitrogens with one attached hydrogen (secondary N) is 2. The average Bonchev–Trinajstić information content (AvgIpc) is 2.95. The smallest absolute Gasteiger partial charge is 0.176 e. The number of ketones is 1. The molecule has 2 aromatic rings. The van der Waals surface area contributed by atoms with Gasteiger partial charge >= 0.3 is 0 Å². The summed E-state index contributed by atoms with van der Waals surface area (Å²) in [6.07, 6.45) is 8.08. The maximum atomic E-state index is 11.9. The molecule has 7 heteroatoms. The maximum absolute atomic E-state index is 11.9. The maximum Gasteiger partial charge on any atom is 0.176 e. The van der Waals surface area contributed by atoms with Gasteiger partial charge in [0.25, 0.3) is 0 Å². The molecule has 3 rings (SSSR count). The number of carbonyl (C=O) groups excluding carboxylic acids is 1. The van der Waals surface area contributed by atoms with Gasteiger partial charge < -0.3 is 10.6 Å². The fourth-order valence-corrected chi connectivity index (χ4v) is 2.71. The summed E-state index contributed by atoms with van der Waals surface area (Å²) in [5.41, 5.74) is 2.70. The highest BCUT2D eigenvalue weighted by Crippen LogP contribution is 2.20. The lowest BCUT2D eigenvalue weighted by Gasteiger charge is -2.15. The fourth-order valence-electron chi connectivity index (χ4n) is 2.53. The lowest BCUT2D eigenvalue weighted by atomic mass is 10.0. The van der Waals surface area contributed by atoms with Gasteiger partial charge in [-0.25, -0.2) is 4.98 Å². The number of anilines is 1. The second-order valence-corrected chi connectivity index (χ2v) is 5.71. The second kappa shape index (κ2) is 6.52. The third kappa shape index (κ3) is 3.13. The third-order valence-corrected chi connectivity index (χ3v) is 4.01. The van der Waals surface area contributed by atoms with Crippen LogP contribution in [-0.4, -0.2) is 40.0 Å². The molecule has 2 heterocycles. The van der Waals surface area contributed by atoms with Crippen LogP contribution in [0.25, 0.3) is 5.65 Å². The summed E-state index contributed by atoms with van der Waals surface area (Å²) in [5.74, 6) is 0.800. The molecule has 120 valence electrons. The van der Waals surface area contributed by atoms with Crippen molar-refractivity contribution < 1.29 is 4.79 Å². The zero-order valence-corrected chi connectivity index (χ0v) is 13.8. The van der Waals surface area contributed by atoms with Gasteiger partial charge in [-0.05, 0) is 25.1 Å². The Morgan fingerprint density at radius 1 is 1.43 bits per heavy atom. The van der Waals surface area contributed by atoms with Crippen molar-refractivity contribution in [1.82, 2.24) is 19.9 Å². The van der Waals surface area contributed by atoms with Gasteiger partial charge in [0.2, 0.25) is 0 Å². The molecule has 0 bridgehead atoms. The SMILES string of the molecule is CCc1cnn2c(NCC3=CC(=O)C(NC)C=C3)cc(Cl)nc12. The van der Waals surface area contributed by atoms with Gasteiger partial charge in [0.1, 0.15) is 11.0 Å². The number of hydrogen-bond donors (Lipinski definition) is 2. The Bertz CT molecular complexity index is 808. The molecule has 0 fully saturated rings. The normalized spacial score (nSPS) is 17.6. The van der Waals surface area contributed by atoms with E-state index in [1.807, 2.05) is 19.1 Å². The molecular formula is C16H18ClN5O. The van der Waals surface area contributed by atoms with E-state index in [2.05, 4.69) is 20.7 Å². The first-order valence-corrected chi connectivity index (χ1v) is 7.87. The predicted molar refractivity (Wildman–Crippen MR) is 90.9 cm³/mol. The Morgan fingerprint density at radius 3 is 2.96 bits per heavy atom. The van der Waals surface area contributed by atoms with Crippen molar-refractivity contribution in [2.24, 2.45) is 0 Å². The summed E-state index contributed by atoms with van der Waals surface area (Å²) in [6, 6.07) is 1.49.